The van der Waals surface area contributed by atoms with Crippen molar-refractivity contribution in [2.75, 3.05) is 13.1 Å². The summed E-state index contributed by atoms with van der Waals surface area (Å²) in [5, 5.41) is 3.04. The molecule has 7 heteroatoms. The SMILES string of the molecule is Cc1ccc([C@@H](C)NC(=O)[C@@H]2CCCN(S(=O)(=O)c3ccc(F)cc3)C2)c(C)c1. The molecule has 2 aromatic carbocycles. The van der Waals surface area contributed by atoms with Gasteiger partial charge in [0.25, 0.3) is 0 Å². The summed E-state index contributed by atoms with van der Waals surface area (Å²) >= 11 is 0. The van der Waals surface area contributed by atoms with Crippen molar-refractivity contribution >= 4 is 15.9 Å². The van der Waals surface area contributed by atoms with Gasteiger partial charge < -0.3 is 5.32 Å². The van der Waals surface area contributed by atoms with Crippen LogP contribution in [0.4, 0.5) is 4.39 Å². The number of piperidine rings is 1. The fourth-order valence-corrected chi connectivity index (χ4v) is 5.37. The summed E-state index contributed by atoms with van der Waals surface area (Å²) in [7, 11) is -3.75. The van der Waals surface area contributed by atoms with Crippen LogP contribution in [0.1, 0.15) is 42.5 Å². The van der Waals surface area contributed by atoms with Crippen LogP contribution in [0.3, 0.4) is 0 Å². The van der Waals surface area contributed by atoms with Crippen molar-refractivity contribution in [3.63, 3.8) is 0 Å². The topological polar surface area (TPSA) is 66.5 Å². The van der Waals surface area contributed by atoms with Crippen LogP contribution in [0.5, 0.6) is 0 Å². The Labute approximate surface area is 172 Å². The summed E-state index contributed by atoms with van der Waals surface area (Å²) in [6.07, 6.45) is 1.25. The minimum atomic E-state index is -3.75. The Morgan fingerprint density at radius 2 is 1.86 bits per heavy atom. The van der Waals surface area contributed by atoms with Crippen molar-refractivity contribution in [3.8, 4) is 0 Å². The van der Waals surface area contributed by atoms with E-state index in [0.717, 1.165) is 23.3 Å². The number of hydrogen-bond donors (Lipinski definition) is 1. The maximum atomic E-state index is 13.1. The molecule has 0 unspecified atom stereocenters. The smallest absolute Gasteiger partial charge is 0.243 e. The Morgan fingerprint density at radius 3 is 2.52 bits per heavy atom. The van der Waals surface area contributed by atoms with Gasteiger partial charge in [0, 0.05) is 13.1 Å². The summed E-state index contributed by atoms with van der Waals surface area (Å²) in [6, 6.07) is 10.7. The number of amides is 1. The van der Waals surface area contributed by atoms with Crippen LogP contribution in [0.15, 0.2) is 47.4 Å². The molecule has 1 amide bonds. The van der Waals surface area contributed by atoms with Gasteiger partial charge in [-0.1, -0.05) is 23.8 Å². The van der Waals surface area contributed by atoms with Gasteiger partial charge in [-0.05, 0) is 69.0 Å². The Kier molecular flexibility index (Phi) is 6.39. The van der Waals surface area contributed by atoms with Crippen LogP contribution < -0.4 is 5.32 Å². The van der Waals surface area contributed by atoms with E-state index in [0.29, 0.717) is 19.4 Å². The van der Waals surface area contributed by atoms with Crippen LogP contribution in [0, 0.1) is 25.6 Å². The van der Waals surface area contributed by atoms with Gasteiger partial charge >= 0.3 is 0 Å². The van der Waals surface area contributed by atoms with E-state index in [1.807, 2.05) is 32.9 Å². The molecule has 29 heavy (non-hydrogen) atoms. The molecule has 1 aliphatic rings. The van der Waals surface area contributed by atoms with Crippen molar-refractivity contribution in [2.24, 2.45) is 5.92 Å². The van der Waals surface area contributed by atoms with Gasteiger partial charge in [0.2, 0.25) is 15.9 Å². The Hall–Kier alpha value is -2.25. The molecule has 1 aliphatic heterocycles. The standard InChI is InChI=1S/C22H27FN2O3S/c1-15-6-11-21(16(2)13-15)17(3)24-22(26)18-5-4-12-25(14-18)29(27,28)20-9-7-19(23)8-10-20/h6-11,13,17-18H,4-5,12,14H2,1-3H3,(H,24,26)/t17-,18-/m1/s1. The molecule has 0 aliphatic carbocycles. The van der Waals surface area contributed by atoms with Crippen LogP contribution in [-0.2, 0) is 14.8 Å². The second kappa shape index (κ2) is 8.63. The average molecular weight is 419 g/mol. The normalized spacial score (nSPS) is 19.0. The van der Waals surface area contributed by atoms with Crippen LogP contribution in [0.25, 0.3) is 0 Å². The van der Waals surface area contributed by atoms with E-state index >= 15 is 0 Å². The van der Waals surface area contributed by atoms with Gasteiger partial charge in [0.05, 0.1) is 16.9 Å². The molecule has 1 saturated heterocycles. The number of halogens is 1. The minimum absolute atomic E-state index is 0.0450. The fourth-order valence-electron chi connectivity index (χ4n) is 3.85. The molecule has 1 N–H and O–H groups in total. The lowest BCUT2D eigenvalue weighted by Crippen LogP contribution is -2.45. The number of carbonyl (C=O) groups is 1. The lowest BCUT2D eigenvalue weighted by atomic mass is 9.96. The quantitative estimate of drug-likeness (QED) is 0.805. The first kappa shape index (κ1) is 21.5. The number of aryl methyl sites for hydroxylation is 2. The van der Waals surface area contributed by atoms with Gasteiger partial charge in [-0.3, -0.25) is 4.79 Å². The molecule has 0 bridgehead atoms. The molecule has 3 rings (SSSR count). The third-order valence-corrected chi connectivity index (χ3v) is 7.34. The molecule has 1 heterocycles. The zero-order valence-electron chi connectivity index (χ0n) is 17.0. The van der Waals surface area contributed by atoms with Crippen molar-refractivity contribution in [1.29, 1.82) is 0 Å². The number of benzene rings is 2. The summed E-state index contributed by atoms with van der Waals surface area (Å²) in [5.74, 6) is -1.04. The van der Waals surface area contributed by atoms with Crippen molar-refractivity contribution in [1.82, 2.24) is 9.62 Å². The highest BCUT2D eigenvalue weighted by atomic mass is 32.2. The highest BCUT2D eigenvalue weighted by molar-refractivity contribution is 7.89. The number of sulfonamides is 1. The van der Waals surface area contributed by atoms with E-state index in [2.05, 4.69) is 11.4 Å². The Morgan fingerprint density at radius 1 is 1.17 bits per heavy atom. The van der Waals surface area contributed by atoms with Crippen molar-refractivity contribution in [3.05, 3.63) is 65.0 Å². The zero-order chi connectivity index (χ0) is 21.2. The van der Waals surface area contributed by atoms with E-state index in [1.165, 1.54) is 22.0 Å². The maximum Gasteiger partial charge on any atom is 0.243 e. The average Bonchev–Trinajstić information content (AvgIpc) is 2.68. The lowest BCUT2D eigenvalue weighted by molar-refractivity contribution is -0.126. The lowest BCUT2D eigenvalue weighted by Gasteiger charge is -2.32. The van der Waals surface area contributed by atoms with Gasteiger partial charge in [-0.15, -0.1) is 0 Å². The third-order valence-electron chi connectivity index (χ3n) is 5.46. The van der Waals surface area contributed by atoms with E-state index < -0.39 is 21.8 Å². The minimum Gasteiger partial charge on any atom is -0.349 e. The van der Waals surface area contributed by atoms with Gasteiger partial charge in [0.15, 0.2) is 0 Å². The summed E-state index contributed by atoms with van der Waals surface area (Å²) in [5.41, 5.74) is 3.33. The zero-order valence-corrected chi connectivity index (χ0v) is 17.8. The van der Waals surface area contributed by atoms with E-state index in [4.69, 9.17) is 0 Å². The summed E-state index contributed by atoms with van der Waals surface area (Å²) in [4.78, 5) is 12.9. The third kappa shape index (κ3) is 4.85. The predicted molar refractivity (Wildman–Crippen MR) is 110 cm³/mol. The summed E-state index contributed by atoms with van der Waals surface area (Å²) < 4.78 is 40.2. The molecule has 0 saturated carbocycles. The Balaban J connectivity index is 1.69. The van der Waals surface area contributed by atoms with E-state index in [-0.39, 0.29) is 23.4 Å². The van der Waals surface area contributed by atoms with Crippen molar-refractivity contribution < 1.29 is 17.6 Å². The molecule has 0 aromatic heterocycles. The van der Waals surface area contributed by atoms with Crippen LogP contribution in [0.2, 0.25) is 0 Å². The fraction of sp³-hybridized carbons (Fsp3) is 0.409. The van der Waals surface area contributed by atoms with Crippen molar-refractivity contribution in [2.45, 2.75) is 44.6 Å². The highest BCUT2D eigenvalue weighted by Gasteiger charge is 2.33. The number of carbonyl (C=O) groups excluding carboxylic acids is 1. The molecule has 5 nitrogen and oxygen atoms in total. The van der Waals surface area contributed by atoms with E-state index in [1.54, 1.807) is 0 Å². The number of hydrogen-bond acceptors (Lipinski definition) is 3. The first-order chi connectivity index (χ1) is 13.7. The van der Waals surface area contributed by atoms with Gasteiger partial charge in [-0.25, -0.2) is 12.8 Å². The monoisotopic (exact) mass is 418 g/mol. The molecule has 2 aromatic rings. The second-order valence-electron chi connectivity index (χ2n) is 7.75. The number of nitrogens with one attached hydrogen (secondary N) is 1. The van der Waals surface area contributed by atoms with E-state index in [9.17, 15) is 17.6 Å². The number of rotatable bonds is 5. The molecular weight excluding hydrogens is 391 g/mol. The number of nitrogens with zero attached hydrogens (tertiary/aromatic N) is 1. The van der Waals surface area contributed by atoms with Gasteiger partial charge in [-0.2, -0.15) is 4.31 Å². The summed E-state index contributed by atoms with van der Waals surface area (Å²) in [6.45, 7) is 6.47. The second-order valence-corrected chi connectivity index (χ2v) is 9.68. The molecule has 2 atom stereocenters. The highest BCUT2D eigenvalue weighted by Crippen LogP contribution is 2.25. The first-order valence-corrected chi connectivity index (χ1v) is 11.3. The Bertz CT molecular complexity index is 990. The largest absolute Gasteiger partial charge is 0.349 e. The van der Waals surface area contributed by atoms with Crippen LogP contribution >= 0.6 is 0 Å². The van der Waals surface area contributed by atoms with Crippen LogP contribution in [-0.4, -0.2) is 31.7 Å². The molecule has 0 spiro atoms. The van der Waals surface area contributed by atoms with Gasteiger partial charge in [0.1, 0.15) is 5.82 Å². The molecule has 0 radical (unpaired) electrons. The molecular formula is C22H27FN2O3S. The maximum absolute atomic E-state index is 13.1. The first-order valence-electron chi connectivity index (χ1n) is 9.81. The predicted octanol–water partition coefficient (Wildman–Crippen LogP) is 3.72. The molecule has 1 fully saturated rings. The molecule has 156 valence electrons.